The maximum Gasteiger partial charge on any atom is 0.246 e. The van der Waals surface area contributed by atoms with Crippen molar-refractivity contribution >= 4 is 10.0 Å². The first-order valence-electron chi connectivity index (χ1n) is 5.73. The molecule has 0 aromatic heterocycles. The Bertz CT molecular complexity index is 267. The summed E-state index contributed by atoms with van der Waals surface area (Å²) in [6.07, 6.45) is 3.35. The van der Waals surface area contributed by atoms with Gasteiger partial charge >= 0.3 is 0 Å². The first kappa shape index (κ1) is 15.8. The highest BCUT2D eigenvalue weighted by atomic mass is 32.2. The summed E-state index contributed by atoms with van der Waals surface area (Å²) < 4.78 is 37.5. The summed E-state index contributed by atoms with van der Waals surface area (Å²) in [5, 5.41) is 8.82. The molecular weight excluding hydrogens is 233 g/mol. The molecule has 0 fully saturated rings. The van der Waals surface area contributed by atoms with E-state index in [-0.39, 0.29) is 6.42 Å². The molecule has 0 aromatic carbocycles. The molecule has 2 N–H and O–H groups in total. The second kappa shape index (κ2) is 7.97. The molecule has 0 aromatic rings. The molecule has 6 heteroatoms. The van der Waals surface area contributed by atoms with Crippen LogP contribution in [0.25, 0.3) is 0 Å². The van der Waals surface area contributed by atoms with Crippen LogP contribution in [-0.4, -0.2) is 25.3 Å². The summed E-state index contributed by atoms with van der Waals surface area (Å²) in [6.45, 7) is 3.32. The summed E-state index contributed by atoms with van der Waals surface area (Å²) in [6, 6.07) is 0. The summed E-state index contributed by atoms with van der Waals surface area (Å²) >= 11 is 0. The summed E-state index contributed by atoms with van der Waals surface area (Å²) in [5.41, 5.74) is -1.93. The minimum atomic E-state index is -4.02. The molecule has 0 rings (SSSR count). The maximum absolute atomic E-state index is 13.3. The number of hydrogen-bond donors (Lipinski definition) is 2. The van der Waals surface area contributed by atoms with E-state index in [9.17, 15) is 12.8 Å². The number of sulfonamides is 1. The Hall–Kier alpha value is -0.200. The Balaban J connectivity index is 3.83. The molecule has 0 aliphatic carbocycles. The number of nitrogens with one attached hydrogen (secondary N) is 1. The van der Waals surface area contributed by atoms with E-state index in [0.29, 0.717) is 6.42 Å². The van der Waals surface area contributed by atoms with E-state index in [0.717, 1.165) is 25.7 Å². The topological polar surface area (TPSA) is 66.4 Å². The zero-order chi connectivity index (χ0) is 12.6. The molecule has 0 aliphatic heterocycles. The summed E-state index contributed by atoms with van der Waals surface area (Å²) in [7, 11) is -4.02. The van der Waals surface area contributed by atoms with Crippen LogP contribution in [0.5, 0.6) is 0 Å². The molecule has 98 valence electrons. The van der Waals surface area contributed by atoms with Gasteiger partial charge in [0.25, 0.3) is 0 Å². The highest BCUT2D eigenvalue weighted by molar-refractivity contribution is 7.89. The van der Waals surface area contributed by atoms with Gasteiger partial charge < -0.3 is 5.11 Å². The third kappa shape index (κ3) is 7.14. The molecule has 0 saturated heterocycles. The van der Waals surface area contributed by atoms with Gasteiger partial charge in [0.1, 0.15) is 6.23 Å². The molecule has 0 saturated carbocycles. The molecule has 2 atom stereocenters. The van der Waals surface area contributed by atoms with Crippen LogP contribution in [0.1, 0.15) is 52.4 Å². The lowest BCUT2D eigenvalue weighted by molar-refractivity contribution is 0.181. The van der Waals surface area contributed by atoms with Gasteiger partial charge in [0.05, 0.1) is 0 Å². The van der Waals surface area contributed by atoms with Crippen LogP contribution in [0.15, 0.2) is 0 Å². The van der Waals surface area contributed by atoms with Crippen molar-refractivity contribution in [3.63, 3.8) is 0 Å². The largest absolute Gasteiger partial charge is 0.378 e. The molecule has 0 spiro atoms. The third-order valence-electron chi connectivity index (χ3n) is 2.21. The third-order valence-corrected chi connectivity index (χ3v) is 3.78. The smallest absolute Gasteiger partial charge is 0.246 e. The fourth-order valence-corrected chi connectivity index (χ4v) is 2.48. The first-order chi connectivity index (χ1) is 7.40. The number of hydrogen-bond acceptors (Lipinski definition) is 3. The molecule has 0 amide bonds. The van der Waals surface area contributed by atoms with E-state index >= 15 is 0 Å². The van der Waals surface area contributed by atoms with Crippen molar-refractivity contribution in [2.45, 2.75) is 64.1 Å². The van der Waals surface area contributed by atoms with Crippen LogP contribution in [0.3, 0.4) is 0 Å². The Labute approximate surface area is 97.3 Å². The quantitative estimate of drug-likeness (QED) is 0.488. The predicted octanol–water partition coefficient (Wildman–Crippen LogP) is 1.90. The average molecular weight is 255 g/mol. The monoisotopic (exact) mass is 255 g/mol. The lowest BCUT2D eigenvalue weighted by atomic mass is 10.1. The van der Waals surface area contributed by atoms with Crippen molar-refractivity contribution in [1.82, 2.24) is 4.72 Å². The van der Waals surface area contributed by atoms with Gasteiger partial charge in [-0.25, -0.2) is 12.8 Å². The van der Waals surface area contributed by atoms with E-state index in [1.165, 1.54) is 6.92 Å². The summed E-state index contributed by atoms with van der Waals surface area (Å²) in [5.74, 6) is 0. The lowest BCUT2D eigenvalue weighted by Crippen LogP contribution is -2.37. The number of alkyl halides is 1. The average Bonchev–Trinajstić information content (AvgIpc) is 2.15. The molecule has 2 unspecified atom stereocenters. The Kier molecular flexibility index (Phi) is 7.87. The number of aliphatic hydroxyl groups excluding tert-OH is 1. The van der Waals surface area contributed by atoms with Gasteiger partial charge in [-0.2, -0.15) is 4.72 Å². The van der Waals surface area contributed by atoms with Crippen molar-refractivity contribution in [1.29, 1.82) is 0 Å². The summed E-state index contributed by atoms with van der Waals surface area (Å²) in [4.78, 5) is 0. The highest BCUT2D eigenvalue weighted by Gasteiger charge is 2.25. The van der Waals surface area contributed by atoms with Gasteiger partial charge in [0.15, 0.2) is 0 Å². The van der Waals surface area contributed by atoms with Gasteiger partial charge in [-0.3, -0.25) is 0 Å². The molecule has 16 heavy (non-hydrogen) atoms. The fraction of sp³-hybridized carbons (Fsp3) is 1.00. The van der Waals surface area contributed by atoms with E-state index in [2.05, 4.69) is 6.92 Å². The molecule has 0 heterocycles. The molecule has 0 radical (unpaired) electrons. The van der Waals surface area contributed by atoms with Gasteiger partial charge in [0, 0.05) is 0 Å². The number of halogens is 1. The lowest BCUT2D eigenvalue weighted by Gasteiger charge is -2.12. The maximum atomic E-state index is 13.3. The van der Waals surface area contributed by atoms with Crippen LogP contribution in [-0.2, 0) is 10.0 Å². The van der Waals surface area contributed by atoms with Crippen molar-refractivity contribution in [3.05, 3.63) is 0 Å². The van der Waals surface area contributed by atoms with Crippen molar-refractivity contribution in [2.75, 3.05) is 0 Å². The van der Waals surface area contributed by atoms with E-state index in [1.54, 1.807) is 0 Å². The van der Waals surface area contributed by atoms with Gasteiger partial charge in [0.2, 0.25) is 15.5 Å². The molecular formula is C10H22FNO3S. The van der Waals surface area contributed by atoms with Gasteiger partial charge in [-0.15, -0.1) is 0 Å². The Morgan fingerprint density at radius 1 is 1.25 bits per heavy atom. The normalized spacial score (nSPS) is 16.0. The van der Waals surface area contributed by atoms with E-state index in [1.807, 2.05) is 4.72 Å². The number of unbranched alkanes of at least 4 members (excludes halogenated alkanes) is 4. The van der Waals surface area contributed by atoms with Crippen LogP contribution in [0, 0.1) is 0 Å². The minimum Gasteiger partial charge on any atom is -0.378 e. The second-order valence-corrected chi connectivity index (χ2v) is 5.79. The van der Waals surface area contributed by atoms with Crippen LogP contribution < -0.4 is 4.72 Å². The Morgan fingerprint density at radius 2 is 1.81 bits per heavy atom. The van der Waals surface area contributed by atoms with Crippen molar-refractivity contribution < 1.29 is 17.9 Å². The van der Waals surface area contributed by atoms with E-state index in [4.69, 9.17) is 5.11 Å². The minimum absolute atomic E-state index is 0.00817. The van der Waals surface area contributed by atoms with Crippen LogP contribution >= 0.6 is 0 Å². The molecule has 0 bridgehead atoms. The van der Waals surface area contributed by atoms with E-state index < -0.39 is 21.8 Å². The van der Waals surface area contributed by atoms with Crippen LogP contribution in [0.2, 0.25) is 0 Å². The molecule has 4 nitrogen and oxygen atoms in total. The second-order valence-electron chi connectivity index (χ2n) is 3.95. The van der Waals surface area contributed by atoms with Crippen molar-refractivity contribution in [2.24, 2.45) is 0 Å². The molecule has 0 aliphatic rings. The first-order valence-corrected chi connectivity index (χ1v) is 7.28. The zero-order valence-electron chi connectivity index (χ0n) is 9.95. The number of aliphatic hydroxyl groups is 1. The van der Waals surface area contributed by atoms with Crippen molar-refractivity contribution in [3.8, 4) is 0 Å². The standard InChI is InChI=1S/C10H22FNO3S/c1-3-4-5-6-7-8-10(11)16(14,15)12-9(2)13/h9-10,12-13H,3-8H2,1-2H3. The predicted molar refractivity (Wildman–Crippen MR) is 62.0 cm³/mol. The zero-order valence-corrected chi connectivity index (χ0v) is 10.8. The highest BCUT2D eigenvalue weighted by Crippen LogP contribution is 2.13. The number of rotatable bonds is 9. The van der Waals surface area contributed by atoms with Gasteiger partial charge in [-0.05, 0) is 19.8 Å². The fourth-order valence-electron chi connectivity index (χ4n) is 1.38. The van der Waals surface area contributed by atoms with Crippen LogP contribution in [0.4, 0.5) is 4.39 Å². The Morgan fingerprint density at radius 3 is 2.31 bits per heavy atom. The van der Waals surface area contributed by atoms with Gasteiger partial charge in [-0.1, -0.05) is 32.6 Å². The SMILES string of the molecule is CCCCCCCC(F)S(=O)(=O)NC(C)O.